The molecule has 3 heteroatoms. The number of nitrogens with two attached hydrogens (primary N) is 1. The third-order valence-corrected chi connectivity index (χ3v) is 3.64. The van der Waals surface area contributed by atoms with Crippen LogP contribution in [0.1, 0.15) is 39.0 Å². The van der Waals surface area contributed by atoms with Gasteiger partial charge in [0.1, 0.15) is 0 Å². The molecule has 1 atom stereocenters. The fourth-order valence-corrected chi connectivity index (χ4v) is 1.95. The van der Waals surface area contributed by atoms with E-state index in [1.165, 1.54) is 25.7 Å². The second-order valence-electron chi connectivity index (χ2n) is 5.02. The topological polar surface area (TPSA) is 47.3 Å². The van der Waals surface area contributed by atoms with Crippen molar-refractivity contribution in [3.63, 3.8) is 0 Å². The van der Waals surface area contributed by atoms with Crippen molar-refractivity contribution in [2.75, 3.05) is 26.8 Å². The Hall–Kier alpha value is -0.120. The molecule has 0 heterocycles. The normalized spacial score (nSPS) is 21.0. The number of hydrogen-bond donors (Lipinski definition) is 2. The molecular formula is C12H26N2O. The molecule has 1 saturated carbocycles. The molecule has 0 aliphatic heterocycles. The Morgan fingerprint density at radius 2 is 2.20 bits per heavy atom. The SMILES string of the molecule is COCCC(C)(CN)NCCC1CCC1. The van der Waals surface area contributed by atoms with Gasteiger partial charge in [-0.25, -0.2) is 0 Å². The van der Waals surface area contributed by atoms with Crippen LogP contribution in [0.25, 0.3) is 0 Å². The second kappa shape index (κ2) is 6.46. The van der Waals surface area contributed by atoms with Crippen LogP contribution in [0, 0.1) is 5.92 Å². The molecule has 3 N–H and O–H groups in total. The highest BCUT2D eigenvalue weighted by atomic mass is 16.5. The van der Waals surface area contributed by atoms with E-state index >= 15 is 0 Å². The lowest BCUT2D eigenvalue weighted by molar-refractivity contribution is 0.159. The Morgan fingerprint density at radius 1 is 1.47 bits per heavy atom. The highest BCUT2D eigenvalue weighted by Crippen LogP contribution is 2.28. The summed E-state index contributed by atoms with van der Waals surface area (Å²) in [6, 6.07) is 0. The minimum atomic E-state index is 0.0553. The standard InChI is InChI=1S/C12H26N2O/c1-12(10-13,7-9-15-2)14-8-6-11-4-3-5-11/h11,14H,3-10,13H2,1-2H3. The molecule has 15 heavy (non-hydrogen) atoms. The highest BCUT2D eigenvalue weighted by Gasteiger charge is 2.22. The van der Waals surface area contributed by atoms with Crippen molar-refractivity contribution in [1.29, 1.82) is 0 Å². The summed E-state index contributed by atoms with van der Waals surface area (Å²) in [4.78, 5) is 0. The van der Waals surface area contributed by atoms with E-state index in [1.54, 1.807) is 7.11 Å². The summed E-state index contributed by atoms with van der Waals surface area (Å²) >= 11 is 0. The fraction of sp³-hybridized carbons (Fsp3) is 1.00. The largest absolute Gasteiger partial charge is 0.385 e. The average molecular weight is 214 g/mol. The number of nitrogens with one attached hydrogen (secondary N) is 1. The van der Waals surface area contributed by atoms with Crippen LogP contribution in [0.3, 0.4) is 0 Å². The molecule has 1 aliphatic rings. The third-order valence-electron chi connectivity index (χ3n) is 3.64. The van der Waals surface area contributed by atoms with Gasteiger partial charge in [-0.1, -0.05) is 19.3 Å². The highest BCUT2D eigenvalue weighted by molar-refractivity contribution is 4.84. The first kappa shape index (κ1) is 12.9. The molecule has 3 nitrogen and oxygen atoms in total. The zero-order valence-corrected chi connectivity index (χ0v) is 10.2. The Kier molecular flexibility index (Phi) is 5.58. The minimum absolute atomic E-state index is 0.0553. The van der Waals surface area contributed by atoms with Gasteiger partial charge in [0.05, 0.1) is 0 Å². The van der Waals surface area contributed by atoms with Gasteiger partial charge in [0.25, 0.3) is 0 Å². The van der Waals surface area contributed by atoms with E-state index in [2.05, 4.69) is 12.2 Å². The van der Waals surface area contributed by atoms with Crippen molar-refractivity contribution in [3.05, 3.63) is 0 Å². The van der Waals surface area contributed by atoms with E-state index in [0.29, 0.717) is 6.54 Å². The van der Waals surface area contributed by atoms with Gasteiger partial charge >= 0.3 is 0 Å². The molecule has 0 bridgehead atoms. The average Bonchev–Trinajstić information content (AvgIpc) is 2.19. The molecule has 1 rings (SSSR count). The molecule has 1 fully saturated rings. The van der Waals surface area contributed by atoms with Gasteiger partial charge < -0.3 is 15.8 Å². The first-order valence-corrected chi connectivity index (χ1v) is 6.14. The van der Waals surface area contributed by atoms with Gasteiger partial charge in [-0.2, -0.15) is 0 Å². The predicted octanol–water partition coefficient (Wildman–Crippen LogP) is 1.52. The number of methoxy groups -OCH3 is 1. The molecule has 1 unspecified atom stereocenters. The van der Waals surface area contributed by atoms with Gasteiger partial charge in [-0.05, 0) is 32.2 Å². The van der Waals surface area contributed by atoms with E-state index in [-0.39, 0.29) is 5.54 Å². The Morgan fingerprint density at radius 3 is 2.67 bits per heavy atom. The Balaban J connectivity index is 2.12. The summed E-state index contributed by atoms with van der Waals surface area (Å²) in [5, 5.41) is 3.57. The van der Waals surface area contributed by atoms with Gasteiger partial charge in [0, 0.05) is 25.8 Å². The van der Waals surface area contributed by atoms with Crippen molar-refractivity contribution in [3.8, 4) is 0 Å². The van der Waals surface area contributed by atoms with Crippen LogP contribution in [-0.4, -0.2) is 32.3 Å². The van der Waals surface area contributed by atoms with Crippen LogP contribution >= 0.6 is 0 Å². The van der Waals surface area contributed by atoms with E-state index in [9.17, 15) is 0 Å². The molecule has 0 amide bonds. The van der Waals surface area contributed by atoms with E-state index in [0.717, 1.165) is 25.5 Å². The first-order chi connectivity index (χ1) is 7.20. The smallest absolute Gasteiger partial charge is 0.0480 e. The number of ether oxygens (including phenoxy) is 1. The summed E-state index contributed by atoms with van der Waals surface area (Å²) < 4.78 is 5.10. The third kappa shape index (κ3) is 4.49. The van der Waals surface area contributed by atoms with Crippen LogP contribution in [0.15, 0.2) is 0 Å². The van der Waals surface area contributed by atoms with Crippen molar-refractivity contribution in [1.82, 2.24) is 5.32 Å². The Labute approximate surface area is 93.8 Å². The van der Waals surface area contributed by atoms with Gasteiger partial charge in [-0.15, -0.1) is 0 Å². The van der Waals surface area contributed by atoms with E-state index in [1.807, 2.05) is 0 Å². The summed E-state index contributed by atoms with van der Waals surface area (Å²) in [7, 11) is 1.74. The van der Waals surface area contributed by atoms with Crippen LogP contribution in [0.2, 0.25) is 0 Å². The Bertz CT molecular complexity index is 171. The lowest BCUT2D eigenvalue weighted by Crippen LogP contribution is -2.50. The van der Waals surface area contributed by atoms with Crippen molar-refractivity contribution in [2.24, 2.45) is 11.7 Å². The van der Waals surface area contributed by atoms with Crippen LogP contribution in [0.4, 0.5) is 0 Å². The van der Waals surface area contributed by atoms with Gasteiger partial charge in [0.2, 0.25) is 0 Å². The summed E-state index contributed by atoms with van der Waals surface area (Å²) in [6.07, 6.45) is 6.59. The maximum Gasteiger partial charge on any atom is 0.0480 e. The molecule has 1 aliphatic carbocycles. The molecule has 90 valence electrons. The molecular weight excluding hydrogens is 188 g/mol. The molecule has 0 spiro atoms. The molecule has 0 aromatic carbocycles. The predicted molar refractivity (Wildman–Crippen MR) is 63.9 cm³/mol. The number of hydrogen-bond acceptors (Lipinski definition) is 3. The monoisotopic (exact) mass is 214 g/mol. The van der Waals surface area contributed by atoms with Gasteiger partial charge in [-0.3, -0.25) is 0 Å². The maximum atomic E-state index is 5.79. The van der Waals surface area contributed by atoms with Crippen molar-refractivity contribution < 1.29 is 4.74 Å². The fourth-order valence-electron chi connectivity index (χ4n) is 1.95. The molecule has 0 saturated heterocycles. The van der Waals surface area contributed by atoms with E-state index in [4.69, 9.17) is 10.5 Å². The lowest BCUT2D eigenvalue weighted by atomic mass is 9.83. The zero-order chi connectivity index (χ0) is 11.1. The molecule has 0 aromatic heterocycles. The summed E-state index contributed by atoms with van der Waals surface area (Å²) in [5.74, 6) is 0.974. The minimum Gasteiger partial charge on any atom is -0.385 e. The molecule has 0 radical (unpaired) electrons. The van der Waals surface area contributed by atoms with Crippen LogP contribution in [0.5, 0.6) is 0 Å². The quantitative estimate of drug-likeness (QED) is 0.644. The van der Waals surface area contributed by atoms with Crippen LogP contribution in [-0.2, 0) is 4.74 Å². The molecule has 0 aromatic rings. The maximum absolute atomic E-state index is 5.79. The lowest BCUT2D eigenvalue weighted by Gasteiger charge is -2.32. The first-order valence-electron chi connectivity index (χ1n) is 6.14. The van der Waals surface area contributed by atoms with Crippen molar-refractivity contribution >= 4 is 0 Å². The number of rotatable bonds is 8. The van der Waals surface area contributed by atoms with E-state index < -0.39 is 0 Å². The van der Waals surface area contributed by atoms with Gasteiger partial charge in [0.15, 0.2) is 0 Å². The second-order valence-corrected chi connectivity index (χ2v) is 5.02. The van der Waals surface area contributed by atoms with Crippen molar-refractivity contribution in [2.45, 2.75) is 44.6 Å². The summed E-state index contributed by atoms with van der Waals surface area (Å²) in [5.41, 5.74) is 5.85. The summed E-state index contributed by atoms with van der Waals surface area (Å²) in [6.45, 7) is 4.75. The van der Waals surface area contributed by atoms with Crippen LogP contribution < -0.4 is 11.1 Å². The zero-order valence-electron chi connectivity index (χ0n) is 10.2.